The number of hydrogen-bond donors (Lipinski definition) is 1. The van der Waals surface area contributed by atoms with E-state index in [9.17, 15) is 4.79 Å². The molecule has 0 radical (unpaired) electrons. The van der Waals surface area contributed by atoms with E-state index in [0.29, 0.717) is 11.4 Å². The highest BCUT2D eigenvalue weighted by molar-refractivity contribution is 6.35. The maximum Gasteiger partial charge on any atom is 0.219 e. The predicted molar refractivity (Wildman–Crippen MR) is 136 cm³/mol. The minimum atomic E-state index is 0.196. The van der Waals surface area contributed by atoms with E-state index in [-0.39, 0.29) is 5.91 Å². The van der Waals surface area contributed by atoms with Crippen LogP contribution in [0, 0.1) is 0 Å². The average Bonchev–Trinajstić information content (AvgIpc) is 2.71. The van der Waals surface area contributed by atoms with Crippen LogP contribution in [0.5, 0.6) is 0 Å². The Labute approximate surface area is 201 Å². The van der Waals surface area contributed by atoms with Crippen molar-refractivity contribution in [1.82, 2.24) is 5.32 Å². The van der Waals surface area contributed by atoms with Crippen LogP contribution in [-0.4, -0.2) is 37.6 Å². The number of nitrogens with one attached hydrogen (secondary N) is 1. The van der Waals surface area contributed by atoms with E-state index in [2.05, 4.69) is 26.3 Å². The molecule has 0 unspecified atom stereocenters. The summed E-state index contributed by atoms with van der Waals surface area (Å²) >= 11 is 12.3. The first-order valence-electron chi connectivity index (χ1n) is 12.4. The van der Waals surface area contributed by atoms with Gasteiger partial charge in [0.05, 0.1) is 25.7 Å². The lowest BCUT2D eigenvalue weighted by molar-refractivity contribution is -0.903. The number of carbonyl (C=O) groups excluding carboxylic acids is 1. The molecule has 0 aliphatic rings. The van der Waals surface area contributed by atoms with E-state index < -0.39 is 0 Å². The molecule has 0 heterocycles. The molecule has 0 fully saturated rings. The molecule has 3 nitrogen and oxygen atoms in total. The Balaban J connectivity index is 2.01. The summed E-state index contributed by atoms with van der Waals surface area (Å²) in [5.41, 5.74) is 1.11. The smallest absolute Gasteiger partial charge is 0.219 e. The number of rotatable bonds is 18. The van der Waals surface area contributed by atoms with Crippen LogP contribution in [-0.2, 0) is 11.3 Å². The molecule has 1 aromatic rings. The molecule has 178 valence electrons. The van der Waals surface area contributed by atoms with Crippen molar-refractivity contribution in [2.45, 2.75) is 96.9 Å². The summed E-state index contributed by atoms with van der Waals surface area (Å²) in [6, 6.07) is 5.69. The van der Waals surface area contributed by atoms with Gasteiger partial charge in [-0.25, -0.2) is 0 Å². The van der Waals surface area contributed by atoms with Gasteiger partial charge in [0.15, 0.2) is 0 Å². The third-order valence-corrected chi connectivity index (χ3v) is 6.47. The summed E-state index contributed by atoms with van der Waals surface area (Å²) < 4.78 is 0.829. The highest BCUT2D eigenvalue weighted by Crippen LogP contribution is 2.23. The molecule has 0 aliphatic heterocycles. The van der Waals surface area contributed by atoms with Gasteiger partial charge in [-0.2, -0.15) is 0 Å². The number of amides is 1. The Morgan fingerprint density at radius 1 is 0.871 bits per heavy atom. The molecular formula is C26H45Cl2N2O+. The van der Waals surface area contributed by atoms with E-state index in [0.717, 1.165) is 47.5 Å². The van der Waals surface area contributed by atoms with Gasteiger partial charge in [0, 0.05) is 30.0 Å². The molecule has 0 aliphatic carbocycles. The van der Waals surface area contributed by atoms with E-state index in [4.69, 9.17) is 23.2 Å². The maximum atomic E-state index is 12.0. The largest absolute Gasteiger partial charge is 0.356 e. The van der Waals surface area contributed by atoms with Crippen LogP contribution in [0.1, 0.15) is 96.0 Å². The first-order valence-corrected chi connectivity index (χ1v) is 13.1. The summed E-state index contributed by atoms with van der Waals surface area (Å²) in [5.74, 6) is 0.196. The van der Waals surface area contributed by atoms with Crippen LogP contribution in [0.3, 0.4) is 0 Å². The highest BCUT2D eigenvalue weighted by Gasteiger charge is 2.17. The molecule has 0 aromatic heterocycles. The summed E-state index contributed by atoms with van der Waals surface area (Å²) in [7, 11) is 4.38. The molecule has 1 amide bonds. The molecule has 1 rings (SSSR count). The fraction of sp³-hybridized carbons (Fsp3) is 0.731. The average molecular weight is 473 g/mol. The van der Waals surface area contributed by atoms with Crippen LogP contribution in [0.4, 0.5) is 0 Å². The Bertz CT molecular complexity index is 619. The second kappa shape index (κ2) is 16.8. The lowest BCUT2D eigenvalue weighted by Crippen LogP contribution is -2.41. The predicted octanol–water partition coefficient (Wildman–Crippen LogP) is 7.78. The van der Waals surface area contributed by atoms with Crippen molar-refractivity contribution in [3.8, 4) is 0 Å². The Hall–Kier alpha value is -0.770. The van der Waals surface area contributed by atoms with E-state index in [1.165, 1.54) is 64.2 Å². The lowest BCUT2D eigenvalue weighted by atomic mass is 10.1. The second-order valence-electron chi connectivity index (χ2n) is 9.54. The minimum absolute atomic E-state index is 0.196. The van der Waals surface area contributed by atoms with Gasteiger partial charge in [-0.1, -0.05) is 100 Å². The minimum Gasteiger partial charge on any atom is -0.356 e. The fourth-order valence-electron chi connectivity index (χ4n) is 3.96. The van der Waals surface area contributed by atoms with E-state index >= 15 is 0 Å². The van der Waals surface area contributed by atoms with Gasteiger partial charge < -0.3 is 9.80 Å². The monoisotopic (exact) mass is 471 g/mol. The number of unbranched alkanes of at least 4 members (excludes halogenated alkanes) is 10. The SMILES string of the molecule is CCCCCCCCCCCCCC(=O)NCCC[N+](C)(C)Cc1ccc(Cl)cc1Cl. The molecule has 0 saturated heterocycles. The van der Waals surface area contributed by atoms with Crippen molar-refractivity contribution in [3.05, 3.63) is 33.8 Å². The standard InChI is InChI=1S/C26H44Cl2N2O/c1-4-5-6-7-8-9-10-11-12-13-14-16-26(31)29-19-15-20-30(2,3)22-23-17-18-24(27)21-25(23)28/h17-18,21H,4-16,19-20,22H2,1-3H3/p+1. The lowest BCUT2D eigenvalue weighted by Gasteiger charge is -2.30. The number of benzene rings is 1. The van der Waals surface area contributed by atoms with Gasteiger partial charge in [0.1, 0.15) is 6.54 Å². The van der Waals surface area contributed by atoms with Crippen molar-refractivity contribution in [3.63, 3.8) is 0 Å². The number of nitrogens with zero attached hydrogens (tertiary/aromatic N) is 1. The van der Waals surface area contributed by atoms with Crippen molar-refractivity contribution < 1.29 is 9.28 Å². The molecule has 1 aromatic carbocycles. The molecule has 1 N–H and O–H groups in total. The van der Waals surface area contributed by atoms with Crippen LogP contribution < -0.4 is 5.32 Å². The second-order valence-corrected chi connectivity index (χ2v) is 10.4. The first-order chi connectivity index (χ1) is 14.8. The summed E-state index contributed by atoms with van der Waals surface area (Å²) in [6.45, 7) is 4.84. The van der Waals surface area contributed by atoms with Gasteiger partial charge in [-0.15, -0.1) is 0 Å². The molecule has 5 heteroatoms. The molecule has 0 spiro atoms. The third-order valence-electron chi connectivity index (χ3n) is 5.88. The Morgan fingerprint density at radius 2 is 1.45 bits per heavy atom. The highest BCUT2D eigenvalue weighted by atomic mass is 35.5. The number of carbonyl (C=O) groups is 1. The zero-order chi connectivity index (χ0) is 23.0. The van der Waals surface area contributed by atoms with E-state index in [1.54, 1.807) is 6.07 Å². The quantitative estimate of drug-likeness (QED) is 0.172. The summed E-state index contributed by atoms with van der Waals surface area (Å²) in [5, 5.41) is 4.47. The summed E-state index contributed by atoms with van der Waals surface area (Å²) in [6.07, 6.45) is 16.0. The van der Waals surface area contributed by atoms with Crippen LogP contribution >= 0.6 is 23.2 Å². The molecule has 31 heavy (non-hydrogen) atoms. The van der Waals surface area contributed by atoms with Crippen molar-refractivity contribution in [1.29, 1.82) is 0 Å². The zero-order valence-corrected chi connectivity index (χ0v) is 21.7. The van der Waals surface area contributed by atoms with E-state index in [1.807, 2.05) is 12.1 Å². The Morgan fingerprint density at radius 3 is 2.03 bits per heavy atom. The molecule has 0 saturated carbocycles. The van der Waals surface area contributed by atoms with Gasteiger partial charge in [0.25, 0.3) is 0 Å². The first kappa shape index (κ1) is 28.3. The maximum absolute atomic E-state index is 12.0. The fourth-order valence-corrected chi connectivity index (χ4v) is 4.43. The Kier molecular flexibility index (Phi) is 15.3. The van der Waals surface area contributed by atoms with Crippen LogP contribution in [0.25, 0.3) is 0 Å². The third kappa shape index (κ3) is 14.8. The van der Waals surface area contributed by atoms with Crippen molar-refractivity contribution >= 4 is 29.1 Å². The summed E-state index contributed by atoms with van der Waals surface area (Å²) in [4.78, 5) is 12.0. The molecule has 0 atom stereocenters. The van der Waals surface area contributed by atoms with Gasteiger partial charge in [0.2, 0.25) is 5.91 Å². The van der Waals surface area contributed by atoms with Crippen molar-refractivity contribution in [2.24, 2.45) is 0 Å². The van der Waals surface area contributed by atoms with Gasteiger partial charge in [-0.05, 0) is 18.6 Å². The number of hydrogen-bond acceptors (Lipinski definition) is 1. The normalized spacial score (nSPS) is 11.6. The van der Waals surface area contributed by atoms with Gasteiger partial charge in [-0.3, -0.25) is 4.79 Å². The zero-order valence-electron chi connectivity index (χ0n) is 20.2. The topological polar surface area (TPSA) is 29.1 Å². The number of quaternary nitrogens is 1. The van der Waals surface area contributed by atoms with Crippen LogP contribution in [0.2, 0.25) is 10.0 Å². The number of halogens is 2. The molecule has 0 bridgehead atoms. The van der Waals surface area contributed by atoms with Crippen LogP contribution in [0.15, 0.2) is 18.2 Å². The molecular weight excluding hydrogens is 427 g/mol. The van der Waals surface area contributed by atoms with Gasteiger partial charge >= 0.3 is 0 Å². The van der Waals surface area contributed by atoms with Crippen molar-refractivity contribution in [2.75, 3.05) is 27.2 Å².